The van der Waals surface area contributed by atoms with E-state index in [1.807, 2.05) is 12.1 Å². The van der Waals surface area contributed by atoms with E-state index in [2.05, 4.69) is 15.5 Å². The molecule has 7 nitrogen and oxygen atoms in total. The van der Waals surface area contributed by atoms with E-state index in [0.29, 0.717) is 29.8 Å². The molecule has 2 amide bonds. The van der Waals surface area contributed by atoms with E-state index in [4.69, 9.17) is 20.9 Å². The van der Waals surface area contributed by atoms with Crippen molar-refractivity contribution in [1.82, 2.24) is 20.4 Å². The fourth-order valence-electron chi connectivity index (χ4n) is 3.49. The van der Waals surface area contributed by atoms with Crippen molar-refractivity contribution in [2.45, 2.75) is 37.8 Å². The minimum atomic E-state index is -0.195. The molecule has 3 heterocycles. The summed E-state index contributed by atoms with van der Waals surface area (Å²) in [5.74, 6) is 0.943. The first kappa shape index (κ1) is 17.3. The normalized spacial score (nSPS) is 22.7. The fourth-order valence-corrected chi connectivity index (χ4v) is 3.68. The van der Waals surface area contributed by atoms with Gasteiger partial charge in [0, 0.05) is 30.3 Å². The average Bonchev–Trinajstić information content (AvgIpc) is 3.40. The molecular weight excluding hydrogens is 356 g/mol. The lowest BCUT2D eigenvalue weighted by atomic mass is 10.2. The molecule has 8 heteroatoms. The number of urea groups is 1. The molecule has 0 saturated carbocycles. The molecule has 2 saturated heterocycles. The smallest absolute Gasteiger partial charge is 0.318 e. The number of benzene rings is 1. The van der Waals surface area contributed by atoms with Crippen LogP contribution in [0.4, 0.5) is 4.79 Å². The maximum atomic E-state index is 12.6. The van der Waals surface area contributed by atoms with Crippen molar-refractivity contribution in [3.05, 3.63) is 35.2 Å². The Kier molecular flexibility index (Phi) is 5.08. The molecule has 2 aliphatic heterocycles. The Bertz CT molecular complexity index is 775. The van der Waals surface area contributed by atoms with Gasteiger partial charge < -0.3 is 19.5 Å². The second-order valence-electron chi connectivity index (χ2n) is 6.64. The summed E-state index contributed by atoms with van der Waals surface area (Å²) in [6.45, 7) is 2.00. The Labute approximate surface area is 156 Å². The van der Waals surface area contributed by atoms with Crippen LogP contribution in [-0.4, -0.2) is 46.9 Å². The third kappa shape index (κ3) is 3.68. The fraction of sp³-hybridized carbons (Fsp3) is 0.500. The van der Waals surface area contributed by atoms with Crippen molar-refractivity contribution < 1.29 is 14.1 Å². The average molecular weight is 377 g/mol. The quantitative estimate of drug-likeness (QED) is 0.884. The number of amides is 2. The molecule has 138 valence electrons. The van der Waals surface area contributed by atoms with E-state index >= 15 is 0 Å². The Morgan fingerprint density at radius 2 is 2.27 bits per heavy atom. The number of aromatic nitrogens is 2. The summed E-state index contributed by atoms with van der Waals surface area (Å²) in [7, 11) is 0. The number of nitrogens with one attached hydrogen (secondary N) is 1. The molecular formula is C18H21ClN4O3. The predicted octanol–water partition coefficient (Wildman–Crippen LogP) is 3.42. The van der Waals surface area contributed by atoms with Crippen LogP contribution in [-0.2, 0) is 4.74 Å². The molecule has 1 N–H and O–H groups in total. The topological polar surface area (TPSA) is 80.5 Å². The standard InChI is InChI=1S/C18H21ClN4O3/c19-13-5-1-4-12(10-13)16-21-17(26-22-16)15-7-2-8-23(15)18(24)20-11-14-6-3-9-25-14/h1,4-5,10,14-15H,2-3,6-9,11H2,(H,20,24)/t14-,15+/m0/s1. The molecule has 0 unspecified atom stereocenters. The summed E-state index contributed by atoms with van der Waals surface area (Å²) in [5, 5.41) is 7.63. The monoisotopic (exact) mass is 376 g/mol. The lowest BCUT2D eigenvalue weighted by Gasteiger charge is -2.23. The van der Waals surface area contributed by atoms with Crippen LogP contribution in [0.2, 0.25) is 5.02 Å². The minimum absolute atomic E-state index is 0.106. The van der Waals surface area contributed by atoms with Crippen LogP contribution in [0.5, 0.6) is 0 Å². The molecule has 0 spiro atoms. The van der Waals surface area contributed by atoms with Crippen LogP contribution < -0.4 is 5.32 Å². The minimum Gasteiger partial charge on any atom is -0.376 e. The largest absolute Gasteiger partial charge is 0.376 e. The van der Waals surface area contributed by atoms with Gasteiger partial charge in [-0.3, -0.25) is 0 Å². The van der Waals surface area contributed by atoms with E-state index in [-0.39, 0.29) is 18.2 Å². The third-order valence-corrected chi connectivity index (χ3v) is 5.06. The van der Waals surface area contributed by atoms with Crippen LogP contribution in [0.3, 0.4) is 0 Å². The summed E-state index contributed by atoms with van der Waals surface area (Å²) in [6.07, 6.45) is 3.90. The highest BCUT2D eigenvalue weighted by atomic mass is 35.5. The summed E-state index contributed by atoms with van der Waals surface area (Å²) in [4.78, 5) is 18.8. The molecule has 0 bridgehead atoms. The van der Waals surface area contributed by atoms with Gasteiger partial charge in [-0.15, -0.1) is 0 Å². The van der Waals surface area contributed by atoms with Crippen LogP contribution in [0, 0.1) is 0 Å². The van der Waals surface area contributed by atoms with Gasteiger partial charge >= 0.3 is 6.03 Å². The maximum Gasteiger partial charge on any atom is 0.318 e. The zero-order valence-corrected chi connectivity index (χ0v) is 15.1. The Morgan fingerprint density at radius 1 is 1.35 bits per heavy atom. The first-order valence-corrected chi connectivity index (χ1v) is 9.34. The number of carbonyl (C=O) groups excluding carboxylic acids is 1. The predicted molar refractivity (Wildman–Crippen MR) is 95.8 cm³/mol. The number of halogens is 1. The molecule has 2 fully saturated rings. The Balaban J connectivity index is 1.43. The van der Waals surface area contributed by atoms with E-state index in [1.165, 1.54) is 0 Å². The highest BCUT2D eigenvalue weighted by Crippen LogP contribution is 2.32. The van der Waals surface area contributed by atoms with Gasteiger partial charge in [0.2, 0.25) is 11.7 Å². The Hall–Kier alpha value is -2.12. The van der Waals surface area contributed by atoms with E-state index in [1.54, 1.807) is 17.0 Å². The summed E-state index contributed by atoms with van der Waals surface area (Å²) in [6, 6.07) is 7.00. The molecule has 1 aromatic carbocycles. The zero-order chi connectivity index (χ0) is 17.9. The second kappa shape index (κ2) is 7.63. The zero-order valence-electron chi connectivity index (χ0n) is 14.4. The van der Waals surface area contributed by atoms with Gasteiger partial charge in [0.1, 0.15) is 6.04 Å². The van der Waals surface area contributed by atoms with Gasteiger partial charge in [0.05, 0.1) is 6.10 Å². The van der Waals surface area contributed by atoms with Crippen molar-refractivity contribution in [3.63, 3.8) is 0 Å². The number of hydrogen-bond acceptors (Lipinski definition) is 5. The van der Waals surface area contributed by atoms with Gasteiger partial charge in [-0.05, 0) is 37.8 Å². The van der Waals surface area contributed by atoms with Crippen molar-refractivity contribution in [2.75, 3.05) is 19.7 Å². The Morgan fingerprint density at radius 3 is 3.08 bits per heavy atom. The number of hydrogen-bond donors (Lipinski definition) is 1. The van der Waals surface area contributed by atoms with Crippen LogP contribution >= 0.6 is 11.6 Å². The van der Waals surface area contributed by atoms with Crippen molar-refractivity contribution >= 4 is 17.6 Å². The highest BCUT2D eigenvalue weighted by Gasteiger charge is 2.34. The van der Waals surface area contributed by atoms with E-state index in [9.17, 15) is 4.79 Å². The molecule has 2 aliphatic rings. The number of carbonyl (C=O) groups is 1. The molecule has 1 aromatic heterocycles. The lowest BCUT2D eigenvalue weighted by molar-refractivity contribution is 0.108. The summed E-state index contributed by atoms with van der Waals surface area (Å²) >= 11 is 6.02. The number of ether oxygens (including phenoxy) is 1. The second-order valence-corrected chi connectivity index (χ2v) is 7.08. The number of rotatable bonds is 4. The van der Waals surface area contributed by atoms with Crippen LogP contribution in [0.1, 0.15) is 37.6 Å². The van der Waals surface area contributed by atoms with Crippen LogP contribution in [0.25, 0.3) is 11.4 Å². The van der Waals surface area contributed by atoms with Crippen molar-refractivity contribution in [2.24, 2.45) is 0 Å². The number of nitrogens with zero attached hydrogens (tertiary/aromatic N) is 3. The SMILES string of the molecule is O=C(NC[C@@H]1CCCO1)N1CCC[C@@H]1c1nc(-c2cccc(Cl)c2)no1. The number of likely N-dealkylation sites (tertiary alicyclic amines) is 1. The van der Waals surface area contributed by atoms with Gasteiger partial charge in [0.25, 0.3) is 0 Å². The maximum absolute atomic E-state index is 12.6. The molecule has 0 radical (unpaired) electrons. The van der Waals surface area contributed by atoms with E-state index < -0.39 is 0 Å². The van der Waals surface area contributed by atoms with Gasteiger partial charge in [-0.2, -0.15) is 4.98 Å². The van der Waals surface area contributed by atoms with Gasteiger partial charge in [-0.1, -0.05) is 28.9 Å². The molecule has 0 aliphatic carbocycles. The van der Waals surface area contributed by atoms with Crippen molar-refractivity contribution in [3.8, 4) is 11.4 Å². The van der Waals surface area contributed by atoms with Gasteiger partial charge in [-0.25, -0.2) is 4.79 Å². The third-order valence-electron chi connectivity index (χ3n) is 4.83. The molecule has 4 rings (SSSR count). The summed E-state index contributed by atoms with van der Waals surface area (Å²) in [5.41, 5.74) is 0.792. The first-order chi connectivity index (χ1) is 12.7. The van der Waals surface area contributed by atoms with E-state index in [0.717, 1.165) is 37.9 Å². The molecule has 2 atom stereocenters. The van der Waals surface area contributed by atoms with Gasteiger partial charge in [0.15, 0.2) is 0 Å². The lowest BCUT2D eigenvalue weighted by Crippen LogP contribution is -2.42. The highest BCUT2D eigenvalue weighted by molar-refractivity contribution is 6.30. The first-order valence-electron chi connectivity index (χ1n) is 8.96. The van der Waals surface area contributed by atoms with Crippen LogP contribution in [0.15, 0.2) is 28.8 Å². The molecule has 2 aromatic rings. The molecule has 26 heavy (non-hydrogen) atoms. The summed E-state index contributed by atoms with van der Waals surface area (Å²) < 4.78 is 11.0. The van der Waals surface area contributed by atoms with Crippen molar-refractivity contribution in [1.29, 1.82) is 0 Å².